The molecule has 2 aromatic carbocycles. The van der Waals surface area contributed by atoms with Gasteiger partial charge >= 0.3 is 0 Å². The Morgan fingerprint density at radius 3 is 2.63 bits per heavy atom. The number of fused-ring (bicyclic) bond motifs is 1. The van der Waals surface area contributed by atoms with Crippen LogP contribution in [0, 0.1) is 11.7 Å². The second-order valence-electron chi connectivity index (χ2n) is 7.92. The molecule has 0 saturated carbocycles. The summed E-state index contributed by atoms with van der Waals surface area (Å²) in [4.78, 5) is 14.9. The molecular formula is C23H26ClFN2O3. The number of ether oxygens (including phenoxy) is 2. The zero-order chi connectivity index (χ0) is 21.1. The molecule has 1 amide bonds. The highest BCUT2D eigenvalue weighted by molar-refractivity contribution is 6.30. The second-order valence-corrected chi connectivity index (χ2v) is 8.36. The fourth-order valence-electron chi connectivity index (χ4n) is 3.99. The molecule has 0 radical (unpaired) electrons. The highest BCUT2D eigenvalue weighted by atomic mass is 35.5. The minimum absolute atomic E-state index is 0.0315. The van der Waals surface area contributed by atoms with Gasteiger partial charge in [0.05, 0.1) is 6.04 Å². The fraction of sp³-hybridized carbons (Fsp3) is 0.435. The van der Waals surface area contributed by atoms with Gasteiger partial charge in [0.2, 0.25) is 5.91 Å². The van der Waals surface area contributed by atoms with E-state index in [2.05, 4.69) is 10.2 Å². The van der Waals surface area contributed by atoms with Crippen molar-refractivity contribution in [3.63, 3.8) is 0 Å². The van der Waals surface area contributed by atoms with Crippen LogP contribution in [0.25, 0.3) is 0 Å². The van der Waals surface area contributed by atoms with Crippen LogP contribution in [0.3, 0.4) is 0 Å². The Morgan fingerprint density at radius 2 is 1.90 bits per heavy atom. The molecule has 2 heterocycles. The first kappa shape index (κ1) is 20.9. The van der Waals surface area contributed by atoms with Crippen molar-refractivity contribution in [2.24, 2.45) is 5.92 Å². The van der Waals surface area contributed by atoms with Gasteiger partial charge in [0.25, 0.3) is 0 Å². The highest BCUT2D eigenvalue weighted by Gasteiger charge is 2.26. The number of rotatable bonds is 5. The molecule has 1 fully saturated rings. The molecule has 0 aliphatic carbocycles. The quantitative estimate of drug-likeness (QED) is 0.763. The average molecular weight is 433 g/mol. The first-order valence-corrected chi connectivity index (χ1v) is 10.7. The summed E-state index contributed by atoms with van der Waals surface area (Å²) in [5.74, 6) is 1.22. The number of carbonyl (C=O) groups is 1. The minimum Gasteiger partial charge on any atom is -0.486 e. The van der Waals surface area contributed by atoms with Gasteiger partial charge < -0.3 is 14.8 Å². The van der Waals surface area contributed by atoms with E-state index in [1.807, 2.05) is 25.1 Å². The van der Waals surface area contributed by atoms with Crippen LogP contribution in [0.2, 0.25) is 5.02 Å². The molecule has 1 N–H and O–H groups in total. The van der Waals surface area contributed by atoms with Crippen molar-refractivity contribution >= 4 is 17.5 Å². The van der Waals surface area contributed by atoms with Crippen LogP contribution < -0.4 is 14.8 Å². The number of amides is 1. The van der Waals surface area contributed by atoms with Crippen LogP contribution in [0.1, 0.15) is 36.9 Å². The van der Waals surface area contributed by atoms with E-state index in [1.54, 1.807) is 12.1 Å². The zero-order valence-corrected chi connectivity index (χ0v) is 17.8. The number of hydrogen-bond donors (Lipinski definition) is 1. The van der Waals surface area contributed by atoms with E-state index in [4.69, 9.17) is 21.1 Å². The van der Waals surface area contributed by atoms with Gasteiger partial charge in [-0.2, -0.15) is 0 Å². The van der Waals surface area contributed by atoms with Gasteiger partial charge in [-0.15, -0.1) is 0 Å². The van der Waals surface area contributed by atoms with E-state index >= 15 is 0 Å². The molecule has 0 spiro atoms. The lowest BCUT2D eigenvalue weighted by Gasteiger charge is -2.32. The van der Waals surface area contributed by atoms with Crippen LogP contribution in [0.15, 0.2) is 36.4 Å². The van der Waals surface area contributed by atoms with E-state index in [0.29, 0.717) is 30.3 Å². The molecule has 0 aromatic heterocycles. The number of halogens is 2. The van der Waals surface area contributed by atoms with Gasteiger partial charge in [-0.05, 0) is 62.7 Å². The zero-order valence-electron chi connectivity index (χ0n) is 17.0. The minimum atomic E-state index is -0.282. The Bertz CT molecular complexity index is 915. The molecule has 2 aliphatic rings. The van der Waals surface area contributed by atoms with Crippen molar-refractivity contribution in [1.82, 2.24) is 10.2 Å². The molecule has 5 nitrogen and oxygen atoms in total. The average Bonchev–Trinajstić information content (AvgIpc) is 2.75. The first-order chi connectivity index (χ1) is 14.5. The lowest BCUT2D eigenvalue weighted by atomic mass is 9.94. The molecule has 0 bridgehead atoms. The Kier molecular flexibility index (Phi) is 6.44. The van der Waals surface area contributed by atoms with Crippen LogP contribution in [0.4, 0.5) is 4.39 Å². The van der Waals surface area contributed by atoms with Gasteiger partial charge in [-0.3, -0.25) is 9.69 Å². The van der Waals surface area contributed by atoms with Crippen molar-refractivity contribution in [3.8, 4) is 11.5 Å². The SMILES string of the molecule is C[C@H](NC(=O)C1CCN(Cc2ccc(Cl)cc2F)CC1)c1ccc2c(c1)OCCO2. The van der Waals surface area contributed by atoms with Gasteiger partial charge in [0.15, 0.2) is 11.5 Å². The van der Waals surface area contributed by atoms with Gasteiger partial charge in [0.1, 0.15) is 19.0 Å². The molecule has 4 rings (SSSR count). The highest BCUT2D eigenvalue weighted by Crippen LogP contribution is 2.33. The summed E-state index contributed by atoms with van der Waals surface area (Å²) >= 11 is 5.82. The molecule has 30 heavy (non-hydrogen) atoms. The maximum atomic E-state index is 14.0. The molecule has 1 saturated heterocycles. The number of hydrogen-bond acceptors (Lipinski definition) is 4. The van der Waals surface area contributed by atoms with Crippen molar-refractivity contribution < 1.29 is 18.7 Å². The van der Waals surface area contributed by atoms with E-state index in [1.165, 1.54) is 6.07 Å². The molecule has 2 aromatic rings. The maximum absolute atomic E-state index is 14.0. The molecule has 2 aliphatic heterocycles. The third kappa shape index (κ3) is 4.87. The Morgan fingerprint density at radius 1 is 1.17 bits per heavy atom. The van der Waals surface area contributed by atoms with Crippen LogP contribution in [0.5, 0.6) is 11.5 Å². The predicted molar refractivity (Wildman–Crippen MR) is 113 cm³/mol. The topological polar surface area (TPSA) is 50.8 Å². The third-order valence-corrected chi connectivity index (χ3v) is 6.03. The van der Waals surface area contributed by atoms with E-state index in [9.17, 15) is 9.18 Å². The van der Waals surface area contributed by atoms with Crippen molar-refractivity contribution in [3.05, 3.63) is 58.4 Å². The summed E-state index contributed by atoms with van der Waals surface area (Å²) in [6.45, 7) is 5.13. The van der Waals surface area contributed by atoms with E-state index < -0.39 is 0 Å². The lowest BCUT2D eigenvalue weighted by Crippen LogP contribution is -2.41. The summed E-state index contributed by atoms with van der Waals surface area (Å²) in [5.41, 5.74) is 1.62. The second kappa shape index (κ2) is 9.23. The maximum Gasteiger partial charge on any atom is 0.223 e. The smallest absolute Gasteiger partial charge is 0.223 e. The van der Waals surface area contributed by atoms with Crippen molar-refractivity contribution in [2.75, 3.05) is 26.3 Å². The van der Waals surface area contributed by atoms with Gasteiger partial charge in [-0.25, -0.2) is 4.39 Å². The summed E-state index contributed by atoms with van der Waals surface area (Å²) < 4.78 is 25.2. The van der Waals surface area contributed by atoms with Gasteiger partial charge in [0, 0.05) is 23.0 Å². The fourth-order valence-corrected chi connectivity index (χ4v) is 4.15. The molecule has 1 atom stereocenters. The number of benzene rings is 2. The van der Waals surface area contributed by atoms with E-state index in [0.717, 1.165) is 43.0 Å². The Labute approximate surface area is 181 Å². The van der Waals surface area contributed by atoms with Crippen molar-refractivity contribution in [1.29, 1.82) is 0 Å². The number of carbonyl (C=O) groups excluding carboxylic acids is 1. The monoisotopic (exact) mass is 432 g/mol. The normalized spacial score (nSPS) is 18.1. The first-order valence-electron chi connectivity index (χ1n) is 10.4. The van der Waals surface area contributed by atoms with Crippen LogP contribution in [-0.4, -0.2) is 37.1 Å². The number of nitrogens with zero attached hydrogens (tertiary/aromatic N) is 1. The van der Waals surface area contributed by atoms with E-state index in [-0.39, 0.29) is 23.7 Å². The summed E-state index contributed by atoms with van der Waals surface area (Å²) in [6.07, 6.45) is 1.52. The largest absolute Gasteiger partial charge is 0.486 e. The van der Waals surface area contributed by atoms with Crippen LogP contribution in [-0.2, 0) is 11.3 Å². The summed E-state index contributed by atoms with van der Waals surface area (Å²) in [7, 11) is 0. The van der Waals surface area contributed by atoms with Crippen LogP contribution >= 0.6 is 11.6 Å². The Hall–Kier alpha value is -2.31. The Balaban J connectivity index is 1.29. The molecule has 7 heteroatoms. The van der Waals surface area contributed by atoms with Crippen molar-refractivity contribution in [2.45, 2.75) is 32.4 Å². The number of piperidine rings is 1. The summed E-state index contributed by atoms with van der Waals surface area (Å²) in [6, 6.07) is 10.4. The molecular weight excluding hydrogens is 407 g/mol. The standard InChI is InChI=1S/C23H26ClFN2O3/c1-15(17-3-5-21-22(12-17)30-11-10-29-21)26-23(28)16-6-8-27(9-7-16)14-18-2-4-19(24)13-20(18)25/h2-5,12-13,15-16H,6-11,14H2,1H3,(H,26,28)/t15-/m0/s1. The van der Waals surface area contributed by atoms with Gasteiger partial charge in [-0.1, -0.05) is 23.7 Å². The number of nitrogens with one attached hydrogen (secondary N) is 1. The molecule has 0 unspecified atom stereocenters. The third-order valence-electron chi connectivity index (χ3n) is 5.79. The predicted octanol–water partition coefficient (Wildman–Crippen LogP) is 4.34. The summed E-state index contributed by atoms with van der Waals surface area (Å²) in [5, 5.41) is 3.53. The molecule has 160 valence electrons. The lowest BCUT2D eigenvalue weighted by molar-refractivity contribution is -0.127. The number of likely N-dealkylation sites (tertiary alicyclic amines) is 1.